The van der Waals surface area contributed by atoms with Gasteiger partial charge in [-0.15, -0.1) is 0 Å². The Kier molecular flexibility index (Phi) is 10.2. The van der Waals surface area contributed by atoms with E-state index in [1.54, 1.807) is 17.9 Å². The third kappa shape index (κ3) is 8.20. The highest BCUT2D eigenvalue weighted by molar-refractivity contribution is 7.89. The van der Waals surface area contributed by atoms with Gasteiger partial charge in [0.05, 0.1) is 30.1 Å². The fourth-order valence-corrected chi connectivity index (χ4v) is 6.30. The first-order chi connectivity index (χ1) is 17.9. The van der Waals surface area contributed by atoms with Crippen LogP contribution in [0.1, 0.15) is 83.5 Å². The van der Waals surface area contributed by atoms with Gasteiger partial charge in [-0.05, 0) is 63.1 Å². The zero-order valence-corrected chi connectivity index (χ0v) is 23.9. The van der Waals surface area contributed by atoms with E-state index in [-0.39, 0.29) is 48.1 Å². The molecule has 10 heteroatoms. The van der Waals surface area contributed by atoms with Gasteiger partial charge in [0.1, 0.15) is 11.6 Å². The molecule has 3 rings (SSSR count). The van der Waals surface area contributed by atoms with Gasteiger partial charge in [0.2, 0.25) is 15.9 Å². The predicted octanol–water partition coefficient (Wildman–Crippen LogP) is 4.71. The maximum atomic E-state index is 14.4. The third-order valence-electron chi connectivity index (χ3n) is 7.16. The van der Waals surface area contributed by atoms with Crippen molar-refractivity contribution in [3.8, 4) is 11.3 Å². The number of rotatable bonds is 12. The molecule has 0 radical (unpaired) electrons. The summed E-state index contributed by atoms with van der Waals surface area (Å²) in [6.45, 7) is 10.1. The molecule has 1 aliphatic heterocycles. The van der Waals surface area contributed by atoms with E-state index in [9.17, 15) is 22.4 Å². The highest BCUT2D eigenvalue weighted by Crippen LogP contribution is 2.26. The molecular weight excluding hydrogens is 507 g/mol. The SMILES string of the molecule is Cc1ccc(-c2cnc([C@H](C)CC(=O)[C@H](CC(=O)N3CCCC[C@@H]3C)NS(=O)(=O)CCC(C)C)[nH]2)c(F)c1. The summed E-state index contributed by atoms with van der Waals surface area (Å²) in [4.78, 5) is 35.7. The smallest absolute Gasteiger partial charge is 0.224 e. The number of benzene rings is 1. The summed E-state index contributed by atoms with van der Waals surface area (Å²) in [5.41, 5.74) is 1.68. The second kappa shape index (κ2) is 13.0. The van der Waals surface area contributed by atoms with Gasteiger partial charge in [-0.1, -0.05) is 26.8 Å². The molecular formula is C28H41FN4O4S. The van der Waals surface area contributed by atoms with Crippen LogP contribution in [0.5, 0.6) is 0 Å². The van der Waals surface area contributed by atoms with Crippen molar-refractivity contribution < 1.29 is 22.4 Å². The van der Waals surface area contributed by atoms with Crippen LogP contribution in [0.4, 0.5) is 4.39 Å². The lowest BCUT2D eigenvalue weighted by molar-refractivity contribution is -0.137. The second-order valence-corrected chi connectivity index (χ2v) is 12.9. The molecule has 0 saturated carbocycles. The molecule has 1 aromatic carbocycles. The maximum Gasteiger partial charge on any atom is 0.224 e. The molecule has 38 heavy (non-hydrogen) atoms. The summed E-state index contributed by atoms with van der Waals surface area (Å²) >= 11 is 0. The number of aromatic nitrogens is 2. The molecule has 1 saturated heterocycles. The van der Waals surface area contributed by atoms with Gasteiger partial charge in [0, 0.05) is 30.5 Å². The van der Waals surface area contributed by atoms with E-state index in [1.165, 1.54) is 12.3 Å². The highest BCUT2D eigenvalue weighted by atomic mass is 32.2. The number of likely N-dealkylation sites (tertiary alicyclic amines) is 1. The summed E-state index contributed by atoms with van der Waals surface area (Å²) in [6, 6.07) is 3.83. The van der Waals surface area contributed by atoms with Crippen LogP contribution >= 0.6 is 0 Å². The van der Waals surface area contributed by atoms with Gasteiger partial charge in [0.15, 0.2) is 5.78 Å². The number of H-pyrrole nitrogens is 1. The number of aromatic amines is 1. The average Bonchev–Trinajstić information content (AvgIpc) is 3.32. The number of hydrogen-bond donors (Lipinski definition) is 2. The first-order valence-electron chi connectivity index (χ1n) is 13.5. The number of carbonyl (C=O) groups excluding carboxylic acids is 2. The molecule has 1 aromatic heterocycles. The van der Waals surface area contributed by atoms with E-state index in [2.05, 4.69) is 14.7 Å². The van der Waals surface area contributed by atoms with Crippen molar-refractivity contribution >= 4 is 21.7 Å². The molecule has 1 fully saturated rings. The van der Waals surface area contributed by atoms with Crippen molar-refractivity contribution in [2.45, 2.75) is 91.1 Å². The Morgan fingerprint density at radius 1 is 1.21 bits per heavy atom. The van der Waals surface area contributed by atoms with Crippen LogP contribution in [0.25, 0.3) is 11.3 Å². The summed E-state index contributed by atoms with van der Waals surface area (Å²) in [7, 11) is -3.76. The van der Waals surface area contributed by atoms with Gasteiger partial charge in [-0.2, -0.15) is 0 Å². The molecule has 1 aliphatic rings. The molecule has 0 spiro atoms. The minimum Gasteiger partial charge on any atom is -0.342 e. The van der Waals surface area contributed by atoms with Crippen molar-refractivity contribution in [2.75, 3.05) is 12.3 Å². The molecule has 0 unspecified atom stereocenters. The quantitative estimate of drug-likeness (QED) is 0.399. The molecule has 0 bridgehead atoms. The molecule has 8 nitrogen and oxygen atoms in total. The normalized spacial score (nSPS) is 18.0. The zero-order valence-electron chi connectivity index (χ0n) is 23.1. The number of hydrogen-bond acceptors (Lipinski definition) is 5. The van der Waals surface area contributed by atoms with E-state index in [0.29, 0.717) is 30.0 Å². The van der Waals surface area contributed by atoms with E-state index in [0.717, 1.165) is 24.8 Å². The maximum absolute atomic E-state index is 14.4. The minimum absolute atomic E-state index is 0.0243. The molecule has 0 aliphatic carbocycles. The Morgan fingerprint density at radius 2 is 1.95 bits per heavy atom. The Labute approximate surface area is 225 Å². The number of aryl methyl sites for hydroxylation is 1. The Bertz CT molecular complexity index is 1230. The number of nitrogens with zero attached hydrogens (tertiary/aromatic N) is 2. The first kappa shape index (κ1) is 30.0. The lowest BCUT2D eigenvalue weighted by atomic mass is 9.97. The van der Waals surface area contributed by atoms with Crippen LogP contribution in [-0.2, 0) is 19.6 Å². The van der Waals surface area contributed by atoms with Crippen LogP contribution in [0.2, 0.25) is 0 Å². The van der Waals surface area contributed by atoms with Crippen molar-refractivity contribution in [3.05, 3.63) is 41.6 Å². The van der Waals surface area contributed by atoms with Gasteiger partial charge in [0.25, 0.3) is 0 Å². The predicted molar refractivity (Wildman–Crippen MR) is 147 cm³/mol. The monoisotopic (exact) mass is 548 g/mol. The van der Waals surface area contributed by atoms with Crippen LogP contribution in [0.3, 0.4) is 0 Å². The van der Waals surface area contributed by atoms with E-state index >= 15 is 0 Å². The number of imidazole rings is 1. The number of amides is 1. The number of Topliss-reactive ketones (excluding diaryl/α,β-unsaturated/α-hetero) is 1. The number of piperidine rings is 1. The number of halogens is 1. The van der Waals surface area contributed by atoms with Crippen LogP contribution in [0, 0.1) is 18.7 Å². The van der Waals surface area contributed by atoms with E-state index in [1.807, 2.05) is 33.8 Å². The summed E-state index contributed by atoms with van der Waals surface area (Å²) < 4.78 is 42.6. The fourth-order valence-electron chi connectivity index (χ4n) is 4.75. The molecule has 1 amide bonds. The number of carbonyl (C=O) groups is 2. The number of ketones is 1. The summed E-state index contributed by atoms with van der Waals surface area (Å²) in [6.07, 6.45) is 4.58. The van der Waals surface area contributed by atoms with Crippen molar-refractivity contribution in [1.82, 2.24) is 19.6 Å². The highest BCUT2D eigenvalue weighted by Gasteiger charge is 2.32. The Hall–Kier alpha value is -2.59. The number of sulfonamides is 1. The second-order valence-electron chi connectivity index (χ2n) is 11.0. The lowest BCUT2D eigenvalue weighted by Gasteiger charge is -2.34. The van der Waals surface area contributed by atoms with Gasteiger partial charge in [-0.3, -0.25) is 9.59 Å². The molecule has 210 valence electrons. The van der Waals surface area contributed by atoms with Crippen LogP contribution in [0.15, 0.2) is 24.4 Å². The van der Waals surface area contributed by atoms with Gasteiger partial charge >= 0.3 is 0 Å². The van der Waals surface area contributed by atoms with Gasteiger partial charge < -0.3 is 9.88 Å². The molecule has 2 aromatic rings. The summed E-state index contributed by atoms with van der Waals surface area (Å²) in [5, 5.41) is 0. The average molecular weight is 549 g/mol. The van der Waals surface area contributed by atoms with Crippen LogP contribution in [-0.4, -0.2) is 59.4 Å². The van der Waals surface area contributed by atoms with Crippen molar-refractivity contribution in [2.24, 2.45) is 5.92 Å². The lowest BCUT2D eigenvalue weighted by Crippen LogP contribution is -2.48. The number of nitrogens with one attached hydrogen (secondary N) is 2. The topological polar surface area (TPSA) is 112 Å². The molecule has 2 N–H and O–H groups in total. The fraction of sp³-hybridized carbons (Fsp3) is 0.607. The summed E-state index contributed by atoms with van der Waals surface area (Å²) in [5.74, 6) is -0.786. The largest absolute Gasteiger partial charge is 0.342 e. The third-order valence-corrected chi connectivity index (χ3v) is 8.58. The Balaban J connectivity index is 1.75. The molecule has 2 heterocycles. The standard InChI is InChI=1S/C28H41FN4O4S/c1-18(2)11-13-38(36,37)32-24(16-27(35)33-12-7-6-8-21(33)5)26(34)15-20(4)28-30-17-25(31-28)22-10-9-19(3)14-23(22)29/h9-10,14,17-18,20-21,24,32H,6-8,11-13,15-16H2,1-5H3,(H,30,31)/t20-,21+,24+/m1/s1. The zero-order chi connectivity index (χ0) is 28.0. The Morgan fingerprint density at radius 3 is 2.61 bits per heavy atom. The van der Waals surface area contributed by atoms with E-state index < -0.39 is 22.0 Å². The van der Waals surface area contributed by atoms with Crippen molar-refractivity contribution in [1.29, 1.82) is 0 Å². The minimum atomic E-state index is -3.76. The first-order valence-corrected chi connectivity index (χ1v) is 15.1. The van der Waals surface area contributed by atoms with E-state index in [4.69, 9.17) is 0 Å². The molecule has 3 atom stereocenters. The van der Waals surface area contributed by atoms with Crippen LogP contribution < -0.4 is 4.72 Å². The van der Waals surface area contributed by atoms with Crippen molar-refractivity contribution in [3.63, 3.8) is 0 Å². The van der Waals surface area contributed by atoms with Gasteiger partial charge in [-0.25, -0.2) is 22.5 Å².